The lowest BCUT2D eigenvalue weighted by atomic mass is 10.1. The van der Waals surface area contributed by atoms with E-state index < -0.39 is 17.6 Å². The summed E-state index contributed by atoms with van der Waals surface area (Å²) in [5.41, 5.74) is 0.250. The zero-order valence-electron chi connectivity index (χ0n) is 24.2. The average molecular weight is 611 g/mol. The van der Waals surface area contributed by atoms with Gasteiger partial charge in [-0.2, -0.15) is 5.26 Å². The average Bonchev–Trinajstić information content (AvgIpc) is 3.64. The molecule has 1 atom stereocenters. The maximum Gasteiger partial charge on any atom is 0.348 e. The fraction of sp³-hybridized carbons (Fsp3) is 0.484. The maximum absolute atomic E-state index is 13.3. The molecule has 11 heteroatoms. The number of nitriles is 1. The lowest BCUT2D eigenvalue weighted by Crippen LogP contribution is -2.28. The van der Waals surface area contributed by atoms with E-state index in [9.17, 15) is 20.0 Å². The van der Waals surface area contributed by atoms with Crippen molar-refractivity contribution in [1.82, 2.24) is 14.1 Å². The SMILES string of the molecule is CCCCCCCCCCCCOC(=O)c1cc2sc(C(C#N)n3c(O)c(OC)n(Cc4ccccc4)c3=O)nc2s1. The predicted molar refractivity (Wildman–Crippen MR) is 166 cm³/mol. The number of hydrogen-bond donors (Lipinski definition) is 1. The number of aromatic nitrogens is 3. The lowest BCUT2D eigenvalue weighted by molar-refractivity contribution is 0.0503. The molecule has 0 saturated carbocycles. The van der Waals surface area contributed by atoms with E-state index in [4.69, 9.17) is 9.47 Å². The quantitative estimate of drug-likeness (QED) is 0.0986. The molecule has 1 N–H and O–H groups in total. The molecule has 0 aliphatic heterocycles. The van der Waals surface area contributed by atoms with E-state index >= 15 is 0 Å². The highest BCUT2D eigenvalue weighted by molar-refractivity contribution is 7.28. The summed E-state index contributed by atoms with van der Waals surface area (Å²) >= 11 is 2.39. The van der Waals surface area contributed by atoms with Crippen molar-refractivity contribution in [2.75, 3.05) is 13.7 Å². The Kier molecular flexibility index (Phi) is 11.6. The highest BCUT2D eigenvalue weighted by Crippen LogP contribution is 2.37. The van der Waals surface area contributed by atoms with Crippen LogP contribution in [0.4, 0.5) is 0 Å². The Balaban J connectivity index is 1.35. The van der Waals surface area contributed by atoms with E-state index in [1.54, 1.807) is 6.07 Å². The van der Waals surface area contributed by atoms with Crippen molar-refractivity contribution < 1.29 is 19.4 Å². The van der Waals surface area contributed by atoms with Gasteiger partial charge in [0.2, 0.25) is 0 Å². The van der Waals surface area contributed by atoms with Crippen LogP contribution in [0.3, 0.4) is 0 Å². The number of carbonyl (C=O) groups is 1. The topological polar surface area (TPSA) is 119 Å². The van der Waals surface area contributed by atoms with Gasteiger partial charge in [-0.1, -0.05) is 95.0 Å². The van der Waals surface area contributed by atoms with Gasteiger partial charge in [0.15, 0.2) is 6.04 Å². The minimum atomic E-state index is -1.17. The maximum atomic E-state index is 13.3. The number of nitrogens with zero attached hydrogens (tertiary/aromatic N) is 4. The standard InChI is InChI=1S/C31H38N4O5S2/c1-3-4-5-6-7-8-9-10-11-15-18-40-30(37)25-19-24-27(42-25)33-26(41-24)23(20-32)35-28(36)29(39-2)34(31(35)38)21-22-16-13-12-14-17-22/h12-14,16-17,19,23,36H,3-11,15,18,21H2,1-2H3. The molecule has 0 aliphatic rings. The number of aromatic hydroxyl groups is 1. The molecule has 0 spiro atoms. The first-order chi connectivity index (χ1) is 20.5. The summed E-state index contributed by atoms with van der Waals surface area (Å²) < 4.78 is 13.8. The molecule has 1 aromatic carbocycles. The fourth-order valence-electron chi connectivity index (χ4n) is 4.89. The molecule has 0 radical (unpaired) electrons. The normalized spacial score (nSPS) is 11.9. The number of thiazole rings is 1. The van der Waals surface area contributed by atoms with Crippen molar-refractivity contribution in [3.63, 3.8) is 0 Å². The second-order valence-electron chi connectivity index (χ2n) is 10.2. The van der Waals surface area contributed by atoms with E-state index in [2.05, 4.69) is 18.0 Å². The number of thiophene rings is 1. The van der Waals surface area contributed by atoms with Gasteiger partial charge >= 0.3 is 11.7 Å². The lowest BCUT2D eigenvalue weighted by Gasteiger charge is -2.07. The molecule has 3 heterocycles. The summed E-state index contributed by atoms with van der Waals surface area (Å²) in [5.74, 6) is -0.856. The first-order valence-electron chi connectivity index (χ1n) is 14.6. The van der Waals surface area contributed by atoms with E-state index in [-0.39, 0.29) is 18.4 Å². The van der Waals surface area contributed by atoms with Gasteiger partial charge < -0.3 is 14.6 Å². The molecular formula is C31H38N4O5S2. The van der Waals surface area contributed by atoms with Crippen LogP contribution in [0.25, 0.3) is 9.53 Å². The largest absolute Gasteiger partial charge is 0.491 e. The highest BCUT2D eigenvalue weighted by atomic mass is 32.1. The zero-order chi connectivity index (χ0) is 29.9. The molecule has 4 aromatic rings. The molecule has 4 rings (SSSR count). The Hall–Kier alpha value is -3.62. The first-order valence-corrected chi connectivity index (χ1v) is 16.2. The summed E-state index contributed by atoms with van der Waals surface area (Å²) in [6, 6.07) is 11.9. The van der Waals surface area contributed by atoms with Crippen LogP contribution in [0.5, 0.6) is 11.8 Å². The molecule has 224 valence electrons. The number of methoxy groups -OCH3 is 1. The number of fused-ring (bicyclic) bond motifs is 1. The van der Waals surface area contributed by atoms with E-state index in [1.165, 1.54) is 79.3 Å². The van der Waals surface area contributed by atoms with Crippen LogP contribution in [0.1, 0.15) is 97.4 Å². The summed E-state index contributed by atoms with van der Waals surface area (Å²) in [5, 5.41) is 21.2. The van der Waals surface area contributed by atoms with Crippen LogP contribution < -0.4 is 10.4 Å². The van der Waals surface area contributed by atoms with Gasteiger partial charge in [-0.15, -0.1) is 22.7 Å². The number of esters is 1. The molecule has 3 aromatic heterocycles. The molecular weight excluding hydrogens is 572 g/mol. The van der Waals surface area contributed by atoms with Gasteiger partial charge in [0, 0.05) is 0 Å². The summed E-state index contributed by atoms with van der Waals surface area (Å²) in [6.45, 7) is 2.79. The number of hydrogen-bond acceptors (Lipinski definition) is 9. The van der Waals surface area contributed by atoms with Crippen molar-refractivity contribution in [2.45, 2.75) is 83.7 Å². The molecule has 0 amide bonds. The van der Waals surface area contributed by atoms with Crippen LogP contribution in [-0.2, 0) is 11.3 Å². The minimum absolute atomic E-state index is 0.0325. The zero-order valence-corrected chi connectivity index (χ0v) is 25.8. The van der Waals surface area contributed by atoms with E-state index in [0.717, 1.165) is 29.4 Å². The third-order valence-electron chi connectivity index (χ3n) is 7.13. The highest BCUT2D eigenvalue weighted by Gasteiger charge is 2.30. The number of ether oxygens (including phenoxy) is 2. The van der Waals surface area contributed by atoms with Gasteiger partial charge in [-0.05, 0) is 18.1 Å². The first kappa shape index (κ1) is 31.3. The molecule has 0 bridgehead atoms. The number of benzene rings is 1. The third kappa shape index (κ3) is 7.61. The fourth-order valence-corrected chi connectivity index (χ4v) is 7.04. The Labute approximate surface area is 254 Å². The van der Waals surface area contributed by atoms with Crippen molar-refractivity contribution in [1.29, 1.82) is 5.26 Å². The summed E-state index contributed by atoms with van der Waals surface area (Å²) in [4.78, 5) is 31.5. The van der Waals surface area contributed by atoms with Gasteiger partial charge in [0.1, 0.15) is 14.7 Å². The monoisotopic (exact) mass is 610 g/mol. The molecule has 0 fully saturated rings. The summed E-state index contributed by atoms with van der Waals surface area (Å²) in [7, 11) is 1.36. The van der Waals surface area contributed by atoms with Gasteiger partial charge in [0.05, 0.1) is 31.0 Å². The van der Waals surface area contributed by atoms with Crippen molar-refractivity contribution in [3.05, 3.63) is 62.3 Å². The van der Waals surface area contributed by atoms with Gasteiger partial charge in [0.25, 0.3) is 11.8 Å². The smallest absolute Gasteiger partial charge is 0.348 e. The van der Waals surface area contributed by atoms with Crippen molar-refractivity contribution >= 4 is 38.2 Å². The second kappa shape index (κ2) is 15.6. The Morgan fingerprint density at radius 2 is 1.71 bits per heavy atom. The Bertz CT molecular complexity index is 1520. The van der Waals surface area contributed by atoms with Gasteiger partial charge in [-0.3, -0.25) is 4.57 Å². The molecule has 42 heavy (non-hydrogen) atoms. The van der Waals surface area contributed by atoms with Crippen molar-refractivity contribution in [2.24, 2.45) is 0 Å². The van der Waals surface area contributed by atoms with E-state index in [1.807, 2.05) is 30.3 Å². The van der Waals surface area contributed by atoms with Crippen molar-refractivity contribution in [3.8, 4) is 17.8 Å². The van der Waals surface area contributed by atoms with E-state index in [0.29, 0.717) is 26.0 Å². The summed E-state index contributed by atoms with van der Waals surface area (Å²) in [6.07, 6.45) is 12.1. The molecule has 0 saturated heterocycles. The number of unbranched alkanes of at least 4 members (excludes halogenated alkanes) is 9. The van der Waals surface area contributed by atoms with Crippen LogP contribution in [0.15, 0.2) is 41.2 Å². The molecule has 0 aliphatic carbocycles. The predicted octanol–water partition coefficient (Wildman–Crippen LogP) is 7.27. The second-order valence-corrected chi connectivity index (χ2v) is 12.3. The Morgan fingerprint density at radius 3 is 2.33 bits per heavy atom. The number of rotatable bonds is 17. The van der Waals surface area contributed by atoms with Crippen LogP contribution in [0.2, 0.25) is 0 Å². The molecule has 9 nitrogen and oxygen atoms in total. The third-order valence-corrected chi connectivity index (χ3v) is 9.32. The molecule has 1 unspecified atom stereocenters. The van der Waals surface area contributed by atoms with Crippen LogP contribution in [-0.4, -0.2) is 38.9 Å². The minimum Gasteiger partial charge on any atom is -0.491 e. The number of carbonyl (C=O) groups excluding carboxylic acids is 1. The van der Waals surface area contributed by atoms with Crippen LogP contribution >= 0.6 is 22.7 Å². The van der Waals surface area contributed by atoms with Gasteiger partial charge in [-0.25, -0.2) is 19.1 Å². The Morgan fingerprint density at radius 1 is 1.05 bits per heavy atom. The number of imidazole rings is 1. The van der Waals surface area contributed by atoms with Crippen LogP contribution in [0, 0.1) is 11.3 Å².